The second-order valence-corrected chi connectivity index (χ2v) is 11.2. The molecule has 0 amide bonds. The number of H-pyrrole nitrogens is 1. The summed E-state index contributed by atoms with van der Waals surface area (Å²) in [6, 6.07) is 13.6. The molecule has 198 valence electrons. The molecule has 0 bridgehead atoms. The summed E-state index contributed by atoms with van der Waals surface area (Å²) in [4.78, 5) is 13.5. The highest BCUT2D eigenvalue weighted by atomic mass is 15.2. The van der Waals surface area contributed by atoms with Gasteiger partial charge in [0.05, 0.1) is 46.8 Å². The molecular weight excluding hydrogens is 468 g/mol. The minimum absolute atomic E-state index is 0.528. The monoisotopic (exact) mass is 508 g/mol. The molecule has 2 aromatic heterocycles. The molecule has 2 N–H and O–H groups in total. The summed E-state index contributed by atoms with van der Waals surface area (Å²) >= 11 is 0. The lowest BCUT2D eigenvalue weighted by Gasteiger charge is -2.36. The van der Waals surface area contributed by atoms with Crippen molar-refractivity contribution in [1.82, 2.24) is 19.8 Å². The van der Waals surface area contributed by atoms with Crippen molar-refractivity contribution >= 4 is 16.6 Å². The lowest BCUT2D eigenvalue weighted by atomic mass is 9.91. The molecule has 2 aliphatic rings. The van der Waals surface area contributed by atoms with E-state index in [4.69, 9.17) is 0 Å². The van der Waals surface area contributed by atoms with Gasteiger partial charge in [0, 0.05) is 18.0 Å². The summed E-state index contributed by atoms with van der Waals surface area (Å²) in [6.45, 7) is 12.4. The molecule has 0 radical (unpaired) electrons. The number of anilines is 1. The fraction of sp³-hybridized carbons (Fsp3) is 0.500. The number of nitrogens with zero attached hydrogens (tertiary/aromatic N) is 4. The number of nitrogens with one attached hydrogen (secondary N) is 2. The number of hydrogen-bond donors (Lipinski definition) is 2. The molecule has 38 heavy (non-hydrogen) atoms. The van der Waals surface area contributed by atoms with Gasteiger partial charge in [-0.25, -0.2) is 0 Å². The molecule has 2 saturated heterocycles. The van der Waals surface area contributed by atoms with Crippen molar-refractivity contribution in [3.8, 4) is 17.9 Å². The van der Waals surface area contributed by atoms with Crippen LogP contribution in [0.1, 0.15) is 69.0 Å². The van der Waals surface area contributed by atoms with Gasteiger partial charge in [0.25, 0.3) is 0 Å². The highest BCUT2D eigenvalue weighted by Gasteiger charge is 2.26. The van der Waals surface area contributed by atoms with E-state index in [1.165, 1.54) is 73.9 Å². The first-order valence-corrected chi connectivity index (χ1v) is 14.2. The van der Waals surface area contributed by atoms with Gasteiger partial charge in [-0.05, 0) is 101 Å². The molecule has 6 heteroatoms. The molecule has 0 unspecified atom stereocenters. The number of nitriles is 1. The number of aromatic nitrogens is 2. The Bertz CT molecular complexity index is 1340. The Morgan fingerprint density at radius 2 is 1.89 bits per heavy atom. The Labute approximate surface area is 227 Å². The van der Waals surface area contributed by atoms with E-state index in [1.807, 2.05) is 26.0 Å². The van der Waals surface area contributed by atoms with Gasteiger partial charge in [-0.1, -0.05) is 31.0 Å². The molecule has 0 atom stereocenters. The van der Waals surface area contributed by atoms with Crippen molar-refractivity contribution < 1.29 is 0 Å². The van der Waals surface area contributed by atoms with E-state index in [2.05, 4.69) is 68.1 Å². The lowest BCUT2D eigenvalue weighted by molar-refractivity contribution is 0.123. The molecule has 0 spiro atoms. The Morgan fingerprint density at radius 3 is 2.58 bits per heavy atom. The van der Waals surface area contributed by atoms with E-state index >= 15 is 0 Å². The minimum atomic E-state index is -0.590. The van der Waals surface area contributed by atoms with Crippen LogP contribution in [0, 0.1) is 23.2 Å². The number of aromatic amines is 1. The summed E-state index contributed by atoms with van der Waals surface area (Å²) in [5.74, 6) is 6.67. The van der Waals surface area contributed by atoms with Crippen LogP contribution >= 0.6 is 0 Å². The maximum atomic E-state index is 9.31. The molecule has 6 nitrogen and oxygen atoms in total. The Hall–Kier alpha value is -3.32. The minimum Gasteiger partial charge on any atom is -0.373 e. The Kier molecular flexibility index (Phi) is 8.03. The molecule has 0 aliphatic carbocycles. The molecule has 5 rings (SSSR count). The topological polar surface area (TPSA) is 71.0 Å². The average molecular weight is 509 g/mol. The molecule has 2 aliphatic heterocycles. The zero-order valence-corrected chi connectivity index (χ0v) is 23.1. The molecule has 4 heterocycles. The zero-order valence-electron chi connectivity index (χ0n) is 23.1. The summed E-state index contributed by atoms with van der Waals surface area (Å²) in [7, 11) is 0. The third-order valence-corrected chi connectivity index (χ3v) is 8.27. The average Bonchev–Trinajstić information content (AvgIpc) is 3.60. The molecular formula is C32H40N6. The zero-order chi connectivity index (χ0) is 26.5. The van der Waals surface area contributed by atoms with Crippen LogP contribution in [0.3, 0.4) is 0 Å². The van der Waals surface area contributed by atoms with Crippen LogP contribution in [0.5, 0.6) is 0 Å². The maximum absolute atomic E-state index is 9.31. The van der Waals surface area contributed by atoms with Gasteiger partial charge in [-0.15, -0.1) is 0 Å². The highest BCUT2D eigenvalue weighted by Crippen LogP contribution is 2.28. The van der Waals surface area contributed by atoms with Crippen LogP contribution in [0.2, 0.25) is 0 Å². The number of pyridine rings is 1. The van der Waals surface area contributed by atoms with Gasteiger partial charge in [-0.2, -0.15) is 5.26 Å². The fourth-order valence-corrected chi connectivity index (χ4v) is 5.93. The van der Waals surface area contributed by atoms with E-state index in [-0.39, 0.29) is 0 Å². The number of fused-ring (bicyclic) bond motifs is 1. The molecule has 0 saturated carbocycles. The standard InChI is InChI=1S/C32H40N6/c1-4-27-28-10-7-9-24(22-37-19-14-26(15-20-37)38-17-5-6-18-38)31(28)36-29(27)11-8-16-34-25-12-13-30(35-21-25)32(2,3)23-33/h7,9-10,12-13,21,26,34,36H,4-6,14-20,22H2,1-3H3. The van der Waals surface area contributed by atoms with Crippen LogP contribution in [-0.2, 0) is 18.4 Å². The van der Waals surface area contributed by atoms with Gasteiger partial charge in [0.15, 0.2) is 0 Å². The lowest BCUT2D eigenvalue weighted by Crippen LogP contribution is -2.43. The second kappa shape index (κ2) is 11.6. The number of piperidine rings is 1. The smallest absolute Gasteiger partial charge is 0.0937 e. The summed E-state index contributed by atoms with van der Waals surface area (Å²) in [6.07, 6.45) is 8.06. The molecule has 1 aromatic carbocycles. The summed E-state index contributed by atoms with van der Waals surface area (Å²) in [5, 5.41) is 13.9. The first kappa shape index (κ1) is 26.3. The second-order valence-electron chi connectivity index (χ2n) is 11.2. The van der Waals surface area contributed by atoms with Gasteiger partial charge < -0.3 is 15.2 Å². The van der Waals surface area contributed by atoms with E-state index < -0.39 is 5.41 Å². The van der Waals surface area contributed by atoms with Crippen LogP contribution in [0.15, 0.2) is 36.5 Å². The summed E-state index contributed by atoms with van der Waals surface area (Å²) in [5.41, 5.74) is 6.01. The highest BCUT2D eigenvalue weighted by molar-refractivity contribution is 5.88. The van der Waals surface area contributed by atoms with Crippen LogP contribution in [-0.4, -0.2) is 58.5 Å². The van der Waals surface area contributed by atoms with Crippen molar-refractivity contribution in [2.24, 2.45) is 0 Å². The number of aryl methyl sites for hydroxylation is 1. The Morgan fingerprint density at radius 1 is 1.11 bits per heavy atom. The van der Waals surface area contributed by atoms with Gasteiger partial charge in [0.1, 0.15) is 0 Å². The largest absolute Gasteiger partial charge is 0.373 e. The third kappa shape index (κ3) is 5.73. The van der Waals surface area contributed by atoms with E-state index in [0.717, 1.165) is 36.1 Å². The van der Waals surface area contributed by atoms with Crippen molar-refractivity contribution in [2.75, 3.05) is 38.0 Å². The third-order valence-electron chi connectivity index (χ3n) is 8.27. The number of likely N-dealkylation sites (tertiary alicyclic amines) is 2. The Balaban J connectivity index is 1.24. The van der Waals surface area contributed by atoms with E-state index in [1.54, 1.807) is 6.20 Å². The number of hydrogen-bond acceptors (Lipinski definition) is 5. The first-order chi connectivity index (χ1) is 18.5. The van der Waals surface area contributed by atoms with Crippen LogP contribution < -0.4 is 5.32 Å². The van der Waals surface area contributed by atoms with Crippen LogP contribution in [0.25, 0.3) is 10.9 Å². The van der Waals surface area contributed by atoms with E-state index in [0.29, 0.717) is 6.54 Å². The number of rotatable bonds is 7. The maximum Gasteiger partial charge on any atom is 0.0937 e. The van der Waals surface area contributed by atoms with Crippen LogP contribution in [0.4, 0.5) is 5.69 Å². The van der Waals surface area contributed by atoms with Crippen molar-refractivity contribution in [3.05, 3.63) is 59.0 Å². The van der Waals surface area contributed by atoms with Crippen molar-refractivity contribution in [3.63, 3.8) is 0 Å². The van der Waals surface area contributed by atoms with Gasteiger partial charge in [0.2, 0.25) is 0 Å². The number of benzene rings is 1. The van der Waals surface area contributed by atoms with Crippen molar-refractivity contribution in [1.29, 1.82) is 5.26 Å². The summed E-state index contributed by atoms with van der Waals surface area (Å²) < 4.78 is 0. The predicted molar refractivity (Wildman–Crippen MR) is 155 cm³/mol. The fourth-order valence-electron chi connectivity index (χ4n) is 5.93. The van der Waals surface area contributed by atoms with Crippen molar-refractivity contribution in [2.45, 2.75) is 70.9 Å². The molecule has 3 aromatic rings. The van der Waals surface area contributed by atoms with Gasteiger partial charge in [-0.3, -0.25) is 9.88 Å². The quantitative estimate of drug-likeness (QED) is 0.415. The molecule has 2 fully saturated rings. The first-order valence-electron chi connectivity index (χ1n) is 14.2. The SMILES string of the molecule is CCc1c(C#CCNc2ccc(C(C)(C)C#N)nc2)[nH]c2c(CN3CCC(N4CCCC4)CC3)cccc12. The normalized spacial score (nSPS) is 17.3. The van der Waals surface area contributed by atoms with Gasteiger partial charge >= 0.3 is 0 Å². The van der Waals surface area contributed by atoms with E-state index in [9.17, 15) is 5.26 Å². The predicted octanol–water partition coefficient (Wildman–Crippen LogP) is 5.45. The number of para-hydroxylation sites is 1.